The molecule has 7 nitrogen and oxygen atoms in total. The van der Waals surface area contributed by atoms with Crippen LogP contribution in [0.5, 0.6) is 0 Å². The standard InChI is InChI=1S/C10H8F3NO6S/c11-5-1-2-6(10(13)9(5)12)21(19,20)14(3-7(15)16)4-8(17)18/h1-2H,3-4H2,(H,15,16)(H,17,18). The number of carboxylic acids is 2. The van der Waals surface area contributed by atoms with Crippen LogP contribution in [0, 0.1) is 17.5 Å². The van der Waals surface area contributed by atoms with Gasteiger partial charge in [-0.3, -0.25) is 9.59 Å². The van der Waals surface area contributed by atoms with Crippen LogP contribution in [0.2, 0.25) is 0 Å². The van der Waals surface area contributed by atoms with Crippen LogP contribution in [0.25, 0.3) is 0 Å². The Morgan fingerprint density at radius 3 is 1.90 bits per heavy atom. The van der Waals surface area contributed by atoms with Crippen molar-refractivity contribution in [1.82, 2.24) is 4.31 Å². The first kappa shape index (κ1) is 16.9. The van der Waals surface area contributed by atoms with Crippen molar-refractivity contribution in [2.24, 2.45) is 0 Å². The Bertz CT molecular complexity index is 674. The number of hydrogen-bond donors (Lipinski definition) is 2. The summed E-state index contributed by atoms with van der Waals surface area (Å²) in [7, 11) is -4.97. The molecule has 0 atom stereocenters. The van der Waals surface area contributed by atoms with E-state index in [0.717, 1.165) is 0 Å². The van der Waals surface area contributed by atoms with E-state index in [4.69, 9.17) is 10.2 Å². The largest absolute Gasteiger partial charge is 0.480 e. The predicted molar refractivity (Wildman–Crippen MR) is 60.3 cm³/mol. The van der Waals surface area contributed by atoms with Gasteiger partial charge in [0.05, 0.1) is 0 Å². The average Bonchev–Trinajstić information content (AvgIpc) is 2.33. The molecule has 0 spiro atoms. The predicted octanol–water partition coefficient (Wildman–Crippen LogP) is 0.264. The molecule has 0 saturated carbocycles. The Morgan fingerprint density at radius 2 is 1.48 bits per heavy atom. The van der Waals surface area contributed by atoms with E-state index in [1.54, 1.807) is 0 Å². The summed E-state index contributed by atoms with van der Waals surface area (Å²) in [6.07, 6.45) is 0. The van der Waals surface area contributed by atoms with Crippen molar-refractivity contribution in [3.8, 4) is 0 Å². The molecular weight excluding hydrogens is 319 g/mol. The monoisotopic (exact) mass is 327 g/mol. The van der Waals surface area contributed by atoms with Crippen molar-refractivity contribution < 1.29 is 41.4 Å². The van der Waals surface area contributed by atoms with Crippen molar-refractivity contribution >= 4 is 22.0 Å². The molecule has 0 unspecified atom stereocenters. The molecule has 1 aromatic rings. The van der Waals surface area contributed by atoms with Gasteiger partial charge >= 0.3 is 11.9 Å². The fourth-order valence-electron chi connectivity index (χ4n) is 1.37. The molecule has 0 aromatic heterocycles. The SMILES string of the molecule is O=C(O)CN(CC(=O)O)S(=O)(=O)c1ccc(F)c(F)c1F. The zero-order valence-corrected chi connectivity index (χ0v) is 10.9. The van der Waals surface area contributed by atoms with Crippen molar-refractivity contribution in [3.05, 3.63) is 29.6 Å². The average molecular weight is 327 g/mol. The fourth-order valence-corrected chi connectivity index (χ4v) is 2.77. The van der Waals surface area contributed by atoms with Crippen molar-refractivity contribution in [2.75, 3.05) is 13.1 Å². The number of carbonyl (C=O) groups is 2. The van der Waals surface area contributed by atoms with Gasteiger partial charge in [0, 0.05) is 0 Å². The maximum atomic E-state index is 13.5. The van der Waals surface area contributed by atoms with Crippen LogP contribution in [-0.4, -0.2) is 48.0 Å². The first-order valence-corrected chi connectivity index (χ1v) is 6.58. The molecule has 0 aliphatic rings. The number of rotatable bonds is 6. The molecule has 0 aliphatic carbocycles. The van der Waals surface area contributed by atoms with Crippen LogP contribution < -0.4 is 0 Å². The minimum atomic E-state index is -4.97. The normalized spacial score (nSPS) is 11.6. The van der Waals surface area contributed by atoms with E-state index in [1.165, 1.54) is 0 Å². The van der Waals surface area contributed by atoms with Crippen molar-refractivity contribution in [3.63, 3.8) is 0 Å². The molecule has 0 aliphatic heterocycles. The molecule has 21 heavy (non-hydrogen) atoms. The molecule has 1 aromatic carbocycles. The maximum Gasteiger partial charge on any atom is 0.318 e. The lowest BCUT2D eigenvalue weighted by Crippen LogP contribution is -2.39. The third kappa shape index (κ3) is 3.70. The zero-order valence-electron chi connectivity index (χ0n) is 10.1. The van der Waals surface area contributed by atoms with Gasteiger partial charge in [-0.25, -0.2) is 21.6 Å². The molecular formula is C10H8F3NO6S. The zero-order chi connectivity index (χ0) is 16.4. The van der Waals surface area contributed by atoms with Gasteiger partial charge in [-0.15, -0.1) is 0 Å². The van der Waals surface area contributed by atoms with Crippen LogP contribution >= 0.6 is 0 Å². The van der Waals surface area contributed by atoms with Gasteiger partial charge in [0.25, 0.3) is 0 Å². The van der Waals surface area contributed by atoms with E-state index in [1.807, 2.05) is 0 Å². The van der Waals surface area contributed by atoms with Crippen LogP contribution in [0.4, 0.5) is 13.2 Å². The van der Waals surface area contributed by atoms with Gasteiger partial charge in [-0.05, 0) is 12.1 Å². The summed E-state index contributed by atoms with van der Waals surface area (Å²) in [4.78, 5) is 19.7. The van der Waals surface area contributed by atoms with Crippen molar-refractivity contribution in [2.45, 2.75) is 4.90 Å². The minimum Gasteiger partial charge on any atom is -0.480 e. The number of benzene rings is 1. The third-order valence-corrected chi connectivity index (χ3v) is 4.05. The van der Waals surface area contributed by atoms with Gasteiger partial charge in [-0.1, -0.05) is 0 Å². The quantitative estimate of drug-likeness (QED) is 0.725. The third-order valence-electron chi connectivity index (χ3n) is 2.24. The molecule has 116 valence electrons. The molecule has 0 heterocycles. The molecule has 0 radical (unpaired) electrons. The summed E-state index contributed by atoms with van der Waals surface area (Å²) in [6, 6.07) is 0.699. The topological polar surface area (TPSA) is 112 Å². The summed E-state index contributed by atoms with van der Waals surface area (Å²) in [5.41, 5.74) is 0. The molecule has 0 amide bonds. The smallest absolute Gasteiger partial charge is 0.318 e. The molecule has 0 bridgehead atoms. The fraction of sp³-hybridized carbons (Fsp3) is 0.200. The maximum absolute atomic E-state index is 13.5. The van der Waals surface area contributed by atoms with Gasteiger partial charge in [0.1, 0.15) is 18.0 Å². The summed E-state index contributed by atoms with van der Waals surface area (Å²) in [5.74, 6) is -9.18. The second kappa shape index (κ2) is 6.10. The van der Waals surface area contributed by atoms with Crippen LogP contribution in [0.1, 0.15) is 0 Å². The Balaban J connectivity index is 3.38. The Labute approximate surface area is 116 Å². The highest BCUT2D eigenvalue weighted by atomic mass is 32.2. The lowest BCUT2D eigenvalue weighted by Gasteiger charge is -2.18. The highest BCUT2D eigenvalue weighted by Gasteiger charge is 2.32. The highest BCUT2D eigenvalue weighted by molar-refractivity contribution is 7.89. The van der Waals surface area contributed by atoms with Gasteiger partial charge in [0.2, 0.25) is 10.0 Å². The first-order valence-electron chi connectivity index (χ1n) is 5.14. The van der Waals surface area contributed by atoms with Crippen LogP contribution in [0.15, 0.2) is 17.0 Å². The second-order valence-electron chi connectivity index (χ2n) is 3.73. The molecule has 11 heteroatoms. The Kier molecular flexibility index (Phi) is 4.91. The number of sulfonamides is 1. The Hall–Kier alpha value is -2.14. The first-order chi connectivity index (χ1) is 9.57. The van der Waals surface area contributed by atoms with Gasteiger partial charge in [0.15, 0.2) is 17.5 Å². The molecule has 0 saturated heterocycles. The number of aliphatic carboxylic acids is 2. The number of carboxylic acid groups (broad SMARTS) is 2. The number of hydrogen-bond acceptors (Lipinski definition) is 4. The second-order valence-corrected chi connectivity index (χ2v) is 5.64. The number of halogens is 3. The lowest BCUT2D eigenvalue weighted by atomic mass is 10.3. The Morgan fingerprint density at radius 1 is 1.00 bits per heavy atom. The van der Waals surface area contributed by atoms with E-state index < -0.39 is 57.4 Å². The molecule has 0 fully saturated rings. The van der Waals surface area contributed by atoms with E-state index in [2.05, 4.69) is 0 Å². The summed E-state index contributed by atoms with van der Waals surface area (Å²) < 4.78 is 63.1. The molecule has 2 N–H and O–H groups in total. The van der Waals surface area contributed by atoms with E-state index in [9.17, 15) is 31.2 Å². The minimum absolute atomic E-state index is 0.0899. The van der Waals surface area contributed by atoms with Gasteiger partial charge < -0.3 is 10.2 Å². The van der Waals surface area contributed by atoms with E-state index in [0.29, 0.717) is 12.1 Å². The van der Waals surface area contributed by atoms with Crippen LogP contribution in [0.3, 0.4) is 0 Å². The summed E-state index contributed by atoms with van der Waals surface area (Å²) in [5, 5.41) is 17.1. The number of nitrogens with zero attached hydrogens (tertiary/aromatic N) is 1. The lowest BCUT2D eigenvalue weighted by molar-refractivity contribution is -0.139. The highest BCUT2D eigenvalue weighted by Crippen LogP contribution is 2.22. The van der Waals surface area contributed by atoms with Crippen LogP contribution in [-0.2, 0) is 19.6 Å². The molecule has 1 rings (SSSR count). The van der Waals surface area contributed by atoms with Crippen molar-refractivity contribution in [1.29, 1.82) is 0 Å². The van der Waals surface area contributed by atoms with Gasteiger partial charge in [-0.2, -0.15) is 4.31 Å². The van der Waals surface area contributed by atoms with E-state index >= 15 is 0 Å². The summed E-state index contributed by atoms with van der Waals surface area (Å²) >= 11 is 0. The van der Waals surface area contributed by atoms with E-state index in [-0.39, 0.29) is 4.31 Å². The summed E-state index contributed by atoms with van der Waals surface area (Å²) in [6.45, 7) is -2.57.